The number of amides is 2. The fourth-order valence-corrected chi connectivity index (χ4v) is 3.90. The van der Waals surface area contributed by atoms with Gasteiger partial charge in [-0.25, -0.2) is 4.98 Å². The van der Waals surface area contributed by atoms with Crippen LogP contribution in [0.3, 0.4) is 0 Å². The summed E-state index contributed by atoms with van der Waals surface area (Å²) in [5.74, 6) is 0.295. The molecular formula is C21H23N3O2. The van der Waals surface area contributed by atoms with Crippen molar-refractivity contribution in [3.05, 3.63) is 59.4 Å². The second-order valence-corrected chi connectivity index (χ2v) is 7.24. The zero-order valence-electron chi connectivity index (χ0n) is 15.0. The van der Waals surface area contributed by atoms with Crippen molar-refractivity contribution in [2.45, 2.75) is 26.2 Å². The average molecular weight is 349 g/mol. The molecule has 2 aliphatic heterocycles. The second-order valence-electron chi connectivity index (χ2n) is 7.24. The highest BCUT2D eigenvalue weighted by Gasteiger charge is 2.27. The Morgan fingerprint density at radius 1 is 1.00 bits per heavy atom. The minimum absolute atomic E-state index is 0.0759. The van der Waals surface area contributed by atoms with Crippen molar-refractivity contribution in [2.24, 2.45) is 5.92 Å². The predicted molar refractivity (Wildman–Crippen MR) is 100 cm³/mol. The van der Waals surface area contributed by atoms with Gasteiger partial charge in [-0.15, -0.1) is 0 Å². The average Bonchev–Trinajstić information content (AvgIpc) is 3.11. The third-order valence-electron chi connectivity index (χ3n) is 5.26. The zero-order valence-corrected chi connectivity index (χ0v) is 15.0. The summed E-state index contributed by atoms with van der Waals surface area (Å²) in [6.07, 6.45) is 3.03. The molecule has 0 saturated carbocycles. The van der Waals surface area contributed by atoms with Crippen molar-refractivity contribution < 1.29 is 9.59 Å². The van der Waals surface area contributed by atoms with Crippen LogP contribution in [-0.4, -0.2) is 41.3 Å². The van der Waals surface area contributed by atoms with E-state index in [0.717, 1.165) is 38.0 Å². The van der Waals surface area contributed by atoms with Gasteiger partial charge in [-0.2, -0.15) is 0 Å². The number of nitrogens with zero attached hydrogens (tertiary/aromatic N) is 3. The maximum atomic E-state index is 13.0. The molecule has 4 rings (SSSR count). The van der Waals surface area contributed by atoms with Gasteiger partial charge < -0.3 is 9.80 Å². The van der Waals surface area contributed by atoms with Crippen LogP contribution in [0, 0.1) is 5.92 Å². The van der Waals surface area contributed by atoms with E-state index < -0.39 is 0 Å². The number of pyridine rings is 1. The lowest BCUT2D eigenvalue weighted by atomic mass is 10.00. The Labute approximate surface area is 153 Å². The Bertz CT molecular complexity index is 849. The first-order chi connectivity index (χ1) is 12.6. The largest absolute Gasteiger partial charge is 0.337 e. The van der Waals surface area contributed by atoms with Crippen LogP contribution in [0.1, 0.15) is 46.3 Å². The van der Waals surface area contributed by atoms with Crippen molar-refractivity contribution in [1.29, 1.82) is 0 Å². The highest BCUT2D eigenvalue weighted by Crippen LogP contribution is 2.28. The van der Waals surface area contributed by atoms with Crippen LogP contribution < -0.4 is 4.90 Å². The molecule has 3 heterocycles. The highest BCUT2D eigenvalue weighted by molar-refractivity contribution is 6.06. The van der Waals surface area contributed by atoms with E-state index in [1.807, 2.05) is 29.2 Å². The molecule has 0 spiro atoms. The molecule has 1 aromatic heterocycles. The molecule has 1 atom stereocenters. The number of hydrogen-bond donors (Lipinski definition) is 0. The monoisotopic (exact) mass is 349 g/mol. The number of hydrogen-bond acceptors (Lipinski definition) is 3. The molecule has 1 unspecified atom stereocenters. The number of fused-ring (bicyclic) bond motifs is 1. The van der Waals surface area contributed by atoms with Crippen LogP contribution in [0.5, 0.6) is 0 Å². The fourth-order valence-electron chi connectivity index (χ4n) is 3.90. The van der Waals surface area contributed by atoms with Gasteiger partial charge in [0.15, 0.2) is 0 Å². The van der Waals surface area contributed by atoms with Gasteiger partial charge in [-0.3, -0.25) is 9.59 Å². The number of carbonyl (C=O) groups excluding carboxylic acids is 2. The van der Waals surface area contributed by atoms with Gasteiger partial charge in [0.2, 0.25) is 0 Å². The van der Waals surface area contributed by atoms with Crippen molar-refractivity contribution in [1.82, 2.24) is 9.88 Å². The number of likely N-dealkylation sites (tertiary alicyclic amines) is 1. The minimum Gasteiger partial charge on any atom is -0.337 e. The molecule has 1 fully saturated rings. The normalized spacial score (nSPS) is 19.3. The van der Waals surface area contributed by atoms with E-state index >= 15 is 0 Å². The van der Waals surface area contributed by atoms with E-state index in [2.05, 4.69) is 11.9 Å². The lowest BCUT2D eigenvalue weighted by Crippen LogP contribution is -2.39. The Balaban J connectivity index is 1.56. The Morgan fingerprint density at radius 2 is 1.77 bits per heavy atom. The molecule has 2 aliphatic rings. The molecule has 1 saturated heterocycles. The summed E-state index contributed by atoms with van der Waals surface area (Å²) < 4.78 is 0. The molecule has 2 aromatic rings. The number of piperidine rings is 1. The first kappa shape index (κ1) is 16.8. The third kappa shape index (κ3) is 3.09. The van der Waals surface area contributed by atoms with E-state index in [4.69, 9.17) is 0 Å². The Morgan fingerprint density at radius 3 is 2.58 bits per heavy atom. The summed E-state index contributed by atoms with van der Waals surface area (Å²) in [4.78, 5) is 33.8. The van der Waals surface area contributed by atoms with Crippen LogP contribution in [0.4, 0.5) is 5.69 Å². The smallest absolute Gasteiger partial charge is 0.276 e. The molecule has 134 valence electrons. The van der Waals surface area contributed by atoms with Crippen LogP contribution >= 0.6 is 0 Å². The predicted octanol–water partition coefficient (Wildman–Crippen LogP) is 3.16. The van der Waals surface area contributed by atoms with E-state index in [0.29, 0.717) is 23.9 Å². The van der Waals surface area contributed by atoms with E-state index in [1.54, 1.807) is 23.1 Å². The van der Waals surface area contributed by atoms with Crippen molar-refractivity contribution in [3.63, 3.8) is 0 Å². The molecule has 0 radical (unpaired) electrons. The summed E-state index contributed by atoms with van der Waals surface area (Å²) in [6, 6.07) is 13.1. The van der Waals surface area contributed by atoms with Crippen LogP contribution in [-0.2, 0) is 6.42 Å². The highest BCUT2D eigenvalue weighted by atomic mass is 16.2. The van der Waals surface area contributed by atoms with Crippen molar-refractivity contribution in [2.75, 3.05) is 24.5 Å². The summed E-state index contributed by atoms with van der Waals surface area (Å²) in [5, 5.41) is 0. The lowest BCUT2D eigenvalue weighted by Gasteiger charge is -2.30. The standard InChI is InChI=1S/C21H23N3O2/c1-15-6-5-12-23(14-15)20(25)17-8-4-9-18(22-17)21(26)24-13-11-16-7-2-3-10-19(16)24/h2-4,7-10,15H,5-6,11-14H2,1H3. The molecule has 0 aliphatic carbocycles. The molecule has 26 heavy (non-hydrogen) atoms. The fraction of sp³-hybridized carbons (Fsp3) is 0.381. The van der Waals surface area contributed by atoms with Crippen LogP contribution in [0.2, 0.25) is 0 Å². The van der Waals surface area contributed by atoms with Gasteiger partial charge in [0, 0.05) is 25.3 Å². The maximum absolute atomic E-state index is 13.0. The van der Waals surface area contributed by atoms with Gasteiger partial charge in [0.25, 0.3) is 11.8 Å². The van der Waals surface area contributed by atoms with Crippen molar-refractivity contribution in [3.8, 4) is 0 Å². The van der Waals surface area contributed by atoms with Gasteiger partial charge in [0.1, 0.15) is 11.4 Å². The summed E-state index contributed by atoms with van der Waals surface area (Å²) >= 11 is 0. The van der Waals surface area contributed by atoms with E-state index in [-0.39, 0.29) is 11.8 Å². The summed E-state index contributed by atoms with van der Waals surface area (Å²) in [6.45, 7) is 4.35. The molecular weight excluding hydrogens is 326 g/mol. The number of anilines is 1. The topological polar surface area (TPSA) is 53.5 Å². The number of para-hydroxylation sites is 1. The van der Waals surface area contributed by atoms with Gasteiger partial charge in [-0.1, -0.05) is 31.2 Å². The number of rotatable bonds is 2. The molecule has 0 N–H and O–H groups in total. The van der Waals surface area contributed by atoms with E-state index in [9.17, 15) is 9.59 Å². The third-order valence-corrected chi connectivity index (χ3v) is 5.26. The SMILES string of the molecule is CC1CCCN(C(=O)c2cccc(C(=O)N3CCc4ccccc43)n2)C1. The van der Waals surface area contributed by atoms with Gasteiger partial charge in [0.05, 0.1) is 0 Å². The zero-order chi connectivity index (χ0) is 18.1. The maximum Gasteiger partial charge on any atom is 0.276 e. The van der Waals surface area contributed by atoms with E-state index in [1.165, 1.54) is 5.56 Å². The Hall–Kier alpha value is -2.69. The lowest BCUT2D eigenvalue weighted by molar-refractivity contribution is 0.0677. The first-order valence-corrected chi connectivity index (χ1v) is 9.29. The Kier molecular flexibility index (Phi) is 4.45. The number of aromatic nitrogens is 1. The molecule has 5 nitrogen and oxygen atoms in total. The summed E-state index contributed by atoms with van der Waals surface area (Å²) in [7, 11) is 0. The van der Waals surface area contributed by atoms with Crippen LogP contribution in [0.25, 0.3) is 0 Å². The van der Waals surface area contributed by atoms with Crippen LogP contribution in [0.15, 0.2) is 42.5 Å². The quantitative estimate of drug-likeness (QED) is 0.837. The first-order valence-electron chi connectivity index (χ1n) is 9.29. The van der Waals surface area contributed by atoms with Crippen molar-refractivity contribution >= 4 is 17.5 Å². The number of benzene rings is 1. The second kappa shape index (κ2) is 6.90. The van der Waals surface area contributed by atoms with Gasteiger partial charge in [-0.05, 0) is 48.9 Å². The summed E-state index contributed by atoms with van der Waals surface area (Å²) in [5.41, 5.74) is 2.81. The molecule has 5 heteroatoms. The molecule has 0 bridgehead atoms. The van der Waals surface area contributed by atoms with Gasteiger partial charge >= 0.3 is 0 Å². The number of carbonyl (C=O) groups is 2. The molecule has 1 aromatic carbocycles. The minimum atomic E-state index is -0.142. The molecule has 2 amide bonds.